The summed E-state index contributed by atoms with van der Waals surface area (Å²) in [6.07, 6.45) is 5.57. The van der Waals surface area contributed by atoms with Gasteiger partial charge in [-0.25, -0.2) is 0 Å². The number of nitrogen functional groups attached to an aromatic ring is 1. The second kappa shape index (κ2) is 3.61. The molecule has 2 atom stereocenters. The van der Waals surface area contributed by atoms with E-state index >= 15 is 0 Å². The van der Waals surface area contributed by atoms with Crippen LogP contribution in [0.2, 0.25) is 0 Å². The number of rotatable bonds is 1. The van der Waals surface area contributed by atoms with Crippen molar-refractivity contribution in [2.24, 2.45) is 0 Å². The third kappa shape index (κ3) is 1.50. The molecule has 3 N–H and O–H groups in total. The maximum absolute atomic E-state index is 9.85. The van der Waals surface area contributed by atoms with Crippen LogP contribution < -0.4 is 5.73 Å². The monoisotopic (exact) mass is 195 g/mol. The summed E-state index contributed by atoms with van der Waals surface area (Å²) >= 11 is 0. The van der Waals surface area contributed by atoms with E-state index in [1.807, 2.05) is 11.6 Å². The van der Waals surface area contributed by atoms with Gasteiger partial charge in [0.1, 0.15) is 0 Å². The Balaban J connectivity index is 2.24. The first-order chi connectivity index (χ1) is 6.70. The first kappa shape index (κ1) is 9.52. The van der Waals surface area contributed by atoms with Crippen molar-refractivity contribution < 1.29 is 5.11 Å². The van der Waals surface area contributed by atoms with Crippen LogP contribution in [0.5, 0.6) is 0 Å². The molecule has 0 bridgehead atoms. The molecular formula is C10H17N3O. The molecule has 0 amide bonds. The second-order valence-electron chi connectivity index (χ2n) is 4.05. The van der Waals surface area contributed by atoms with Crippen LogP contribution in [0.15, 0.2) is 6.20 Å². The largest absolute Gasteiger partial charge is 0.396 e. The molecule has 1 saturated carbocycles. The van der Waals surface area contributed by atoms with E-state index in [-0.39, 0.29) is 12.1 Å². The van der Waals surface area contributed by atoms with E-state index in [0.717, 1.165) is 25.0 Å². The van der Waals surface area contributed by atoms with Crippen molar-refractivity contribution in [1.82, 2.24) is 9.78 Å². The fourth-order valence-corrected chi connectivity index (χ4v) is 2.15. The Kier molecular flexibility index (Phi) is 2.46. The second-order valence-corrected chi connectivity index (χ2v) is 4.05. The molecule has 4 nitrogen and oxygen atoms in total. The predicted molar refractivity (Wildman–Crippen MR) is 54.9 cm³/mol. The molecule has 78 valence electrons. The van der Waals surface area contributed by atoms with Gasteiger partial charge in [-0.1, -0.05) is 12.8 Å². The van der Waals surface area contributed by atoms with Gasteiger partial charge in [0, 0.05) is 0 Å². The summed E-state index contributed by atoms with van der Waals surface area (Å²) in [5, 5.41) is 14.1. The van der Waals surface area contributed by atoms with Gasteiger partial charge in [0.15, 0.2) is 0 Å². The van der Waals surface area contributed by atoms with Crippen LogP contribution in [0.25, 0.3) is 0 Å². The highest BCUT2D eigenvalue weighted by Crippen LogP contribution is 2.30. The Morgan fingerprint density at radius 1 is 1.50 bits per heavy atom. The lowest BCUT2D eigenvalue weighted by molar-refractivity contribution is 0.0684. The number of anilines is 1. The Bertz CT molecular complexity index is 321. The first-order valence-electron chi connectivity index (χ1n) is 5.18. The van der Waals surface area contributed by atoms with Crippen molar-refractivity contribution in [2.45, 2.75) is 44.8 Å². The molecule has 2 unspecified atom stereocenters. The van der Waals surface area contributed by atoms with Crippen molar-refractivity contribution in [1.29, 1.82) is 0 Å². The van der Waals surface area contributed by atoms with Crippen LogP contribution in [0, 0.1) is 6.92 Å². The van der Waals surface area contributed by atoms with Gasteiger partial charge in [-0.15, -0.1) is 0 Å². The number of nitrogens with zero attached hydrogens (tertiary/aromatic N) is 2. The predicted octanol–water partition coefficient (Wildman–Crippen LogP) is 1.25. The Morgan fingerprint density at radius 3 is 2.79 bits per heavy atom. The molecule has 1 aliphatic rings. The van der Waals surface area contributed by atoms with Gasteiger partial charge >= 0.3 is 0 Å². The molecule has 0 saturated heterocycles. The van der Waals surface area contributed by atoms with E-state index in [4.69, 9.17) is 5.73 Å². The molecule has 1 fully saturated rings. The molecule has 0 spiro atoms. The number of aliphatic hydroxyl groups excluding tert-OH is 1. The maximum atomic E-state index is 9.85. The van der Waals surface area contributed by atoms with Crippen LogP contribution in [0.1, 0.15) is 37.4 Å². The average molecular weight is 195 g/mol. The lowest BCUT2D eigenvalue weighted by Gasteiger charge is -2.28. The Hall–Kier alpha value is -1.03. The smallest absolute Gasteiger partial charge is 0.0782 e. The van der Waals surface area contributed by atoms with Crippen molar-refractivity contribution >= 4 is 5.69 Å². The molecule has 1 aromatic rings. The van der Waals surface area contributed by atoms with E-state index in [1.165, 1.54) is 6.42 Å². The Labute approximate surface area is 83.7 Å². The summed E-state index contributed by atoms with van der Waals surface area (Å²) in [5.41, 5.74) is 7.41. The quantitative estimate of drug-likeness (QED) is 0.708. The zero-order valence-corrected chi connectivity index (χ0v) is 8.48. The van der Waals surface area contributed by atoms with Gasteiger partial charge in [0.2, 0.25) is 0 Å². The highest BCUT2D eigenvalue weighted by Gasteiger charge is 2.26. The number of hydrogen-bond donors (Lipinski definition) is 2. The van der Waals surface area contributed by atoms with Crippen molar-refractivity contribution in [3.63, 3.8) is 0 Å². The minimum atomic E-state index is -0.262. The van der Waals surface area contributed by atoms with Crippen LogP contribution >= 0.6 is 0 Å². The highest BCUT2D eigenvalue weighted by molar-refractivity contribution is 5.40. The number of aliphatic hydroxyl groups is 1. The maximum Gasteiger partial charge on any atom is 0.0782 e. The highest BCUT2D eigenvalue weighted by atomic mass is 16.3. The van der Waals surface area contributed by atoms with E-state index in [2.05, 4.69) is 5.10 Å². The van der Waals surface area contributed by atoms with Crippen molar-refractivity contribution in [2.75, 3.05) is 5.73 Å². The van der Waals surface area contributed by atoms with E-state index in [0.29, 0.717) is 5.69 Å². The minimum absolute atomic E-state index is 0.126. The van der Waals surface area contributed by atoms with Crippen LogP contribution in [-0.4, -0.2) is 21.0 Å². The van der Waals surface area contributed by atoms with E-state index in [1.54, 1.807) is 6.20 Å². The summed E-state index contributed by atoms with van der Waals surface area (Å²) in [6.45, 7) is 1.95. The molecule has 0 radical (unpaired) electrons. The zero-order valence-electron chi connectivity index (χ0n) is 8.48. The SMILES string of the molecule is Cc1c(N)cnn1C1CCCCC1O. The third-order valence-electron chi connectivity index (χ3n) is 3.09. The molecule has 0 aliphatic heterocycles. The molecule has 1 aliphatic carbocycles. The first-order valence-corrected chi connectivity index (χ1v) is 5.18. The summed E-state index contributed by atoms with van der Waals surface area (Å²) < 4.78 is 1.87. The third-order valence-corrected chi connectivity index (χ3v) is 3.09. The molecule has 4 heteroatoms. The summed E-state index contributed by atoms with van der Waals surface area (Å²) in [7, 11) is 0. The van der Waals surface area contributed by atoms with Gasteiger partial charge in [0.05, 0.1) is 29.7 Å². The topological polar surface area (TPSA) is 64.1 Å². The van der Waals surface area contributed by atoms with Gasteiger partial charge < -0.3 is 10.8 Å². The molecule has 0 aromatic carbocycles. The summed E-state index contributed by atoms with van der Waals surface area (Å²) in [4.78, 5) is 0. The summed E-state index contributed by atoms with van der Waals surface area (Å²) in [6, 6.07) is 0.126. The molecule has 2 rings (SSSR count). The van der Waals surface area contributed by atoms with Crippen LogP contribution in [0.4, 0.5) is 5.69 Å². The molecule has 14 heavy (non-hydrogen) atoms. The van der Waals surface area contributed by atoms with Crippen molar-refractivity contribution in [3.8, 4) is 0 Å². The molecule has 1 aromatic heterocycles. The lowest BCUT2D eigenvalue weighted by atomic mass is 9.92. The van der Waals surface area contributed by atoms with Gasteiger partial charge in [0.25, 0.3) is 0 Å². The fraction of sp³-hybridized carbons (Fsp3) is 0.700. The van der Waals surface area contributed by atoms with E-state index < -0.39 is 0 Å². The van der Waals surface area contributed by atoms with Gasteiger partial charge in [-0.3, -0.25) is 4.68 Å². The molecule has 1 heterocycles. The zero-order chi connectivity index (χ0) is 10.1. The number of nitrogens with two attached hydrogens (primary N) is 1. The van der Waals surface area contributed by atoms with Gasteiger partial charge in [-0.05, 0) is 19.8 Å². The van der Waals surface area contributed by atoms with Crippen LogP contribution in [0.3, 0.4) is 0 Å². The van der Waals surface area contributed by atoms with Gasteiger partial charge in [-0.2, -0.15) is 5.10 Å². The Morgan fingerprint density at radius 2 is 2.21 bits per heavy atom. The molecular weight excluding hydrogens is 178 g/mol. The standard InChI is InChI=1S/C10H17N3O/c1-7-8(11)6-12-13(7)9-4-2-3-5-10(9)14/h6,9-10,14H,2-5,11H2,1H3. The van der Waals surface area contributed by atoms with Crippen LogP contribution in [-0.2, 0) is 0 Å². The summed E-state index contributed by atoms with van der Waals surface area (Å²) in [5.74, 6) is 0. The lowest BCUT2D eigenvalue weighted by Crippen LogP contribution is -2.29. The van der Waals surface area contributed by atoms with Crippen molar-refractivity contribution in [3.05, 3.63) is 11.9 Å². The average Bonchev–Trinajstić information content (AvgIpc) is 2.49. The minimum Gasteiger partial charge on any atom is -0.396 e. The van der Waals surface area contributed by atoms with E-state index in [9.17, 15) is 5.11 Å². The normalized spacial score (nSPS) is 27.9. The fourth-order valence-electron chi connectivity index (χ4n) is 2.15. The number of hydrogen-bond acceptors (Lipinski definition) is 3. The number of aromatic nitrogens is 2.